The van der Waals surface area contributed by atoms with Crippen LogP contribution >= 0.6 is 0 Å². The lowest BCUT2D eigenvalue weighted by molar-refractivity contribution is -0.142. The fraction of sp³-hybridized carbons (Fsp3) is 0.381. The van der Waals surface area contributed by atoms with Crippen LogP contribution < -0.4 is 0 Å². The van der Waals surface area contributed by atoms with Crippen molar-refractivity contribution in [3.63, 3.8) is 0 Å². The van der Waals surface area contributed by atoms with Crippen LogP contribution in [0.3, 0.4) is 0 Å². The van der Waals surface area contributed by atoms with Crippen molar-refractivity contribution in [1.29, 1.82) is 0 Å². The SMILES string of the molecule is COC(=O)C(CCc1ccccc1)c1ccc(C(C)(C)C)cc1. The van der Waals surface area contributed by atoms with E-state index in [-0.39, 0.29) is 17.3 Å². The fourth-order valence-corrected chi connectivity index (χ4v) is 2.73. The summed E-state index contributed by atoms with van der Waals surface area (Å²) in [4.78, 5) is 12.2. The molecule has 0 saturated carbocycles. The standard InChI is InChI=1S/C21H26O2/c1-21(2,3)18-13-11-17(12-14-18)19(20(22)23-4)15-10-16-8-6-5-7-9-16/h5-9,11-14,19H,10,15H2,1-4H3. The van der Waals surface area contributed by atoms with E-state index in [1.807, 2.05) is 18.2 Å². The molecule has 1 atom stereocenters. The Morgan fingerprint density at radius 3 is 2.13 bits per heavy atom. The van der Waals surface area contributed by atoms with E-state index in [9.17, 15) is 4.79 Å². The van der Waals surface area contributed by atoms with Crippen molar-refractivity contribution in [3.8, 4) is 0 Å². The van der Waals surface area contributed by atoms with E-state index in [1.165, 1.54) is 18.2 Å². The van der Waals surface area contributed by atoms with Crippen LogP contribution in [0.2, 0.25) is 0 Å². The first-order chi connectivity index (χ1) is 10.9. The van der Waals surface area contributed by atoms with Crippen molar-refractivity contribution in [1.82, 2.24) is 0 Å². The third-order valence-electron chi connectivity index (χ3n) is 4.23. The molecule has 0 aliphatic rings. The predicted octanol–water partition coefficient (Wildman–Crippen LogP) is 4.87. The Kier molecular flexibility index (Phi) is 5.59. The number of esters is 1. The lowest BCUT2D eigenvalue weighted by Gasteiger charge is -2.21. The van der Waals surface area contributed by atoms with Crippen molar-refractivity contribution in [3.05, 3.63) is 71.3 Å². The van der Waals surface area contributed by atoms with E-state index in [4.69, 9.17) is 4.74 Å². The molecule has 0 bridgehead atoms. The minimum Gasteiger partial charge on any atom is -0.469 e. The molecule has 2 heteroatoms. The molecule has 0 spiro atoms. The normalized spacial score (nSPS) is 12.7. The number of aryl methyl sites for hydroxylation is 1. The lowest BCUT2D eigenvalue weighted by atomic mass is 9.84. The summed E-state index contributed by atoms with van der Waals surface area (Å²) in [5.41, 5.74) is 3.66. The van der Waals surface area contributed by atoms with Gasteiger partial charge in [-0.25, -0.2) is 0 Å². The van der Waals surface area contributed by atoms with Crippen LogP contribution in [0.25, 0.3) is 0 Å². The minimum atomic E-state index is -0.214. The van der Waals surface area contributed by atoms with Gasteiger partial charge in [0.2, 0.25) is 0 Å². The Morgan fingerprint density at radius 2 is 1.61 bits per heavy atom. The van der Waals surface area contributed by atoms with Gasteiger partial charge < -0.3 is 4.74 Å². The summed E-state index contributed by atoms with van der Waals surface area (Å²) in [5.74, 6) is -0.376. The average Bonchev–Trinajstić information content (AvgIpc) is 2.55. The number of hydrogen-bond donors (Lipinski definition) is 0. The second-order valence-electron chi connectivity index (χ2n) is 6.97. The van der Waals surface area contributed by atoms with E-state index in [0.29, 0.717) is 0 Å². The quantitative estimate of drug-likeness (QED) is 0.736. The molecule has 2 rings (SSSR count). The van der Waals surface area contributed by atoms with Crippen molar-refractivity contribution < 1.29 is 9.53 Å². The number of carbonyl (C=O) groups excluding carboxylic acids is 1. The van der Waals surface area contributed by atoms with Gasteiger partial charge in [0.15, 0.2) is 0 Å². The number of methoxy groups -OCH3 is 1. The Bertz CT molecular complexity index is 621. The van der Waals surface area contributed by atoms with Crippen LogP contribution in [0.1, 0.15) is 49.8 Å². The van der Waals surface area contributed by atoms with Gasteiger partial charge in [0.05, 0.1) is 13.0 Å². The Labute approximate surface area is 139 Å². The highest BCUT2D eigenvalue weighted by molar-refractivity contribution is 5.78. The zero-order chi connectivity index (χ0) is 16.9. The van der Waals surface area contributed by atoms with Crippen molar-refractivity contribution in [2.45, 2.75) is 44.9 Å². The van der Waals surface area contributed by atoms with Gasteiger partial charge in [-0.05, 0) is 34.9 Å². The van der Waals surface area contributed by atoms with Crippen LogP contribution in [0, 0.1) is 0 Å². The molecule has 2 aromatic rings. The second kappa shape index (κ2) is 7.45. The Hall–Kier alpha value is -2.09. The van der Waals surface area contributed by atoms with E-state index >= 15 is 0 Å². The maximum absolute atomic E-state index is 12.2. The topological polar surface area (TPSA) is 26.3 Å². The molecule has 0 fully saturated rings. The molecule has 0 radical (unpaired) electrons. The summed E-state index contributed by atoms with van der Waals surface area (Å²) >= 11 is 0. The number of hydrogen-bond acceptors (Lipinski definition) is 2. The number of benzene rings is 2. The van der Waals surface area contributed by atoms with Gasteiger partial charge in [0.1, 0.15) is 0 Å². The number of carbonyl (C=O) groups is 1. The molecule has 2 nitrogen and oxygen atoms in total. The predicted molar refractivity (Wildman–Crippen MR) is 94.7 cm³/mol. The zero-order valence-electron chi connectivity index (χ0n) is 14.5. The van der Waals surface area contributed by atoms with Gasteiger partial charge in [-0.1, -0.05) is 75.4 Å². The molecule has 23 heavy (non-hydrogen) atoms. The zero-order valence-corrected chi connectivity index (χ0v) is 14.5. The van der Waals surface area contributed by atoms with E-state index in [1.54, 1.807) is 0 Å². The second-order valence-corrected chi connectivity index (χ2v) is 6.97. The largest absolute Gasteiger partial charge is 0.469 e. The maximum Gasteiger partial charge on any atom is 0.313 e. The number of ether oxygens (including phenoxy) is 1. The van der Waals surface area contributed by atoms with Gasteiger partial charge in [-0.2, -0.15) is 0 Å². The molecule has 2 aromatic carbocycles. The first kappa shape index (κ1) is 17.3. The highest BCUT2D eigenvalue weighted by Gasteiger charge is 2.22. The summed E-state index contributed by atoms with van der Waals surface area (Å²) in [6.07, 6.45) is 1.62. The van der Waals surface area contributed by atoms with Crippen molar-refractivity contribution in [2.75, 3.05) is 7.11 Å². The molecule has 1 unspecified atom stereocenters. The van der Waals surface area contributed by atoms with Crippen LogP contribution in [-0.2, 0) is 21.4 Å². The third-order valence-corrected chi connectivity index (χ3v) is 4.23. The minimum absolute atomic E-state index is 0.114. The summed E-state index contributed by atoms with van der Waals surface area (Å²) in [5, 5.41) is 0. The van der Waals surface area contributed by atoms with Crippen molar-refractivity contribution >= 4 is 5.97 Å². The smallest absolute Gasteiger partial charge is 0.313 e. The summed E-state index contributed by atoms with van der Waals surface area (Å²) in [7, 11) is 1.46. The van der Waals surface area contributed by atoms with E-state index < -0.39 is 0 Å². The van der Waals surface area contributed by atoms with Gasteiger partial charge in [-0.3, -0.25) is 4.79 Å². The number of rotatable bonds is 5. The van der Waals surface area contributed by atoms with Crippen LogP contribution in [0.4, 0.5) is 0 Å². The van der Waals surface area contributed by atoms with Crippen molar-refractivity contribution in [2.24, 2.45) is 0 Å². The molecule has 0 N–H and O–H groups in total. The summed E-state index contributed by atoms with van der Waals surface area (Å²) in [6.45, 7) is 6.57. The summed E-state index contributed by atoms with van der Waals surface area (Å²) in [6, 6.07) is 18.6. The molecule has 0 aliphatic carbocycles. The van der Waals surface area contributed by atoms with Gasteiger partial charge in [0.25, 0.3) is 0 Å². The fourth-order valence-electron chi connectivity index (χ4n) is 2.73. The monoisotopic (exact) mass is 310 g/mol. The maximum atomic E-state index is 12.2. The molecular formula is C21H26O2. The van der Waals surface area contributed by atoms with Crippen LogP contribution in [-0.4, -0.2) is 13.1 Å². The molecule has 0 aromatic heterocycles. The van der Waals surface area contributed by atoms with E-state index in [2.05, 4.69) is 57.2 Å². The summed E-state index contributed by atoms with van der Waals surface area (Å²) < 4.78 is 5.01. The third kappa shape index (κ3) is 4.69. The molecule has 0 amide bonds. The highest BCUT2D eigenvalue weighted by Crippen LogP contribution is 2.27. The van der Waals surface area contributed by atoms with Crippen LogP contribution in [0.15, 0.2) is 54.6 Å². The Morgan fingerprint density at radius 1 is 1.00 bits per heavy atom. The first-order valence-electron chi connectivity index (χ1n) is 8.14. The first-order valence-corrected chi connectivity index (χ1v) is 8.14. The van der Waals surface area contributed by atoms with Gasteiger partial charge in [0, 0.05) is 0 Å². The lowest BCUT2D eigenvalue weighted by Crippen LogP contribution is -2.16. The molecule has 0 saturated heterocycles. The average molecular weight is 310 g/mol. The van der Waals surface area contributed by atoms with Crippen LogP contribution in [0.5, 0.6) is 0 Å². The molecular weight excluding hydrogens is 284 g/mol. The highest BCUT2D eigenvalue weighted by atomic mass is 16.5. The van der Waals surface area contributed by atoms with E-state index in [0.717, 1.165) is 18.4 Å². The Balaban J connectivity index is 2.16. The van der Waals surface area contributed by atoms with Gasteiger partial charge in [-0.15, -0.1) is 0 Å². The molecule has 122 valence electrons. The molecule has 0 aliphatic heterocycles. The van der Waals surface area contributed by atoms with Gasteiger partial charge >= 0.3 is 5.97 Å². The molecule has 0 heterocycles.